The highest BCUT2D eigenvalue weighted by Gasteiger charge is 2.14. The molecule has 0 aliphatic heterocycles. The smallest absolute Gasteiger partial charge is 0.111 e. The third kappa shape index (κ3) is 3.22. The topological polar surface area (TPSA) is 21.1 Å². The minimum atomic E-state index is 0.433. The number of alkyl halides is 1. The highest BCUT2D eigenvalue weighted by molar-refractivity contribution is 6.31. The second-order valence-corrected chi connectivity index (χ2v) is 5.84. The number of aromatic nitrogens is 2. The molecule has 0 aliphatic carbocycles. The number of halogens is 2. The Kier molecular flexibility index (Phi) is 4.71. The van der Waals surface area contributed by atoms with Crippen molar-refractivity contribution in [3.63, 3.8) is 0 Å². The Morgan fingerprint density at radius 1 is 1.37 bits per heavy atom. The summed E-state index contributed by atoms with van der Waals surface area (Å²) in [7, 11) is 4.17. The lowest BCUT2D eigenvalue weighted by molar-refractivity contribution is 0.284. The van der Waals surface area contributed by atoms with Crippen LogP contribution >= 0.6 is 23.2 Å². The fourth-order valence-electron chi connectivity index (χ4n) is 2.06. The van der Waals surface area contributed by atoms with E-state index >= 15 is 0 Å². The minimum absolute atomic E-state index is 0.433. The van der Waals surface area contributed by atoms with E-state index in [9.17, 15) is 0 Å². The summed E-state index contributed by atoms with van der Waals surface area (Å²) < 4.78 is 2.25. The Bertz CT molecular complexity index is 563. The summed E-state index contributed by atoms with van der Waals surface area (Å²) in [6, 6.07) is 6.28. The maximum atomic E-state index is 6.03. The number of hydrogen-bond donors (Lipinski definition) is 0. The molecule has 1 aromatic heterocycles. The van der Waals surface area contributed by atoms with Gasteiger partial charge in [0.05, 0.1) is 11.0 Å². The number of rotatable bonds is 5. The summed E-state index contributed by atoms with van der Waals surface area (Å²) in [5.74, 6) is 1.61. The third-order valence-electron chi connectivity index (χ3n) is 3.44. The van der Waals surface area contributed by atoms with Gasteiger partial charge in [-0.2, -0.15) is 0 Å². The number of likely N-dealkylation sites (N-methyl/N-ethyl adjacent to an activating group) is 1. The average Bonchev–Trinajstić information content (AvgIpc) is 2.67. The molecule has 104 valence electrons. The zero-order valence-electron chi connectivity index (χ0n) is 11.5. The van der Waals surface area contributed by atoms with Crippen molar-refractivity contribution in [2.45, 2.75) is 25.9 Å². The van der Waals surface area contributed by atoms with Crippen LogP contribution in [0.5, 0.6) is 0 Å². The normalized spacial score (nSPS) is 13.4. The molecule has 0 saturated heterocycles. The van der Waals surface area contributed by atoms with Crippen LogP contribution in [0.25, 0.3) is 11.0 Å². The zero-order chi connectivity index (χ0) is 14.0. The van der Waals surface area contributed by atoms with E-state index < -0.39 is 0 Å². The van der Waals surface area contributed by atoms with Crippen molar-refractivity contribution >= 4 is 34.2 Å². The maximum absolute atomic E-state index is 6.03. The molecule has 1 atom stereocenters. The van der Waals surface area contributed by atoms with E-state index in [1.54, 1.807) is 0 Å². The number of hydrogen-bond acceptors (Lipinski definition) is 2. The number of nitrogens with zero attached hydrogens (tertiary/aromatic N) is 3. The number of fused-ring (bicyclic) bond motifs is 1. The molecular formula is C14H19Cl2N3. The summed E-state index contributed by atoms with van der Waals surface area (Å²) >= 11 is 11.9. The summed E-state index contributed by atoms with van der Waals surface area (Å²) in [4.78, 5) is 6.85. The van der Waals surface area contributed by atoms with Crippen molar-refractivity contribution in [1.29, 1.82) is 0 Å². The van der Waals surface area contributed by atoms with Crippen molar-refractivity contribution in [3.05, 3.63) is 29.0 Å². The molecule has 0 fully saturated rings. The zero-order valence-corrected chi connectivity index (χ0v) is 13.0. The van der Waals surface area contributed by atoms with Crippen molar-refractivity contribution in [3.8, 4) is 0 Å². The SMILES string of the molecule is CC(Cn1c(CCCl)nc2cc(Cl)ccc21)N(C)C. The van der Waals surface area contributed by atoms with Crippen LogP contribution in [-0.2, 0) is 13.0 Å². The van der Waals surface area contributed by atoms with Gasteiger partial charge < -0.3 is 9.47 Å². The van der Waals surface area contributed by atoms with E-state index in [4.69, 9.17) is 23.2 Å². The third-order valence-corrected chi connectivity index (χ3v) is 3.86. The van der Waals surface area contributed by atoms with Gasteiger partial charge in [0.2, 0.25) is 0 Å². The minimum Gasteiger partial charge on any atom is -0.326 e. The van der Waals surface area contributed by atoms with Crippen LogP contribution in [0.2, 0.25) is 5.02 Å². The lowest BCUT2D eigenvalue weighted by Crippen LogP contribution is -2.29. The van der Waals surface area contributed by atoms with E-state index in [1.165, 1.54) is 0 Å². The Morgan fingerprint density at radius 3 is 2.74 bits per heavy atom. The van der Waals surface area contributed by atoms with Gasteiger partial charge in [0.15, 0.2) is 0 Å². The number of imidazole rings is 1. The van der Waals surface area contributed by atoms with Gasteiger partial charge >= 0.3 is 0 Å². The van der Waals surface area contributed by atoms with Crippen molar-refractivity contribution in [2.75, 3.05) is 20.0 Å². The molecule has 1 unspecified atom stereocenters. The molecule has 2 aromatic rings. The van der Waals surface area contributed by atoms with Gasteiger partial charge in [-0.15, -0.1) is 11.6 Å². The van der Waals surface area contributed by atoms with Gasteiger partial charge in [-0.05, 0) is 39.2 Å². The first-order chi connectivity index (χ1) is 9.02. The molecule has 0 aliphatic rings. The molecule has 3 nitrogen and oxygen atoms in total. The fourth-order valence-corrected chi connectivity index (χ4v) is 2.39. The molecule has 1 aromatic carbocycles. The lowest BCUT2D eigenvalue weighted by Gasteiger charge is -2.21. The van der Waals surface area contributed by atoms with Crippen molar-refractivity contribution < 1.29 is 0 Å². The second kappa shape index (κ2) is 6.12. The molecule has 2 rings (SSSR count). The molecule has 0 N–H and O–H groups in total. The molecule has 0 bridgehead atoms. The molecular weight excluding hydrogens is 281 g/mol. The molecule has 0 spiro atoms. The maximum Gasteiger partial charge on any atom is 0.111 e. The number of benzene rings is 1. The van der Waals surface area contributed by atoms with Crippen LogP contribution in [0, 0.1) is 0 Å². The molecule has 0 amide bonds. The van der Waals surface area contributed by atoms with Gasteiger partial charge in [0, 0.05) is 29.9 Å². The summed E-state index contributed by atoms with van der Waals surface area (Å²) in [6.07, 6.45) is 0.772. The van der Waals surface area contributed by atoms with Gasteiger partial charge in [-0.25, -0.2) is 4.98 Å². The van der Waals surface area contributed by atoms with Crippen LogP contribution in [-0.4, -0.2) is 40.5 Å². The van der Waals surface area contributed by atoms with Crippen LogP contribution < -0.4 is 0 Å². The predicted octanol–water partition coefficient (Wildman–Crippen LogP) is 3.42. The first-order valence-corrected chi connectivity index (χ1v) is 7.31. The van der Waals surface area contributed by atoms with E-state index in [-0.39, 0.29) is 0 Å². The molecule has 1 heterocycles. The fraction of sp³-hybridized carbons (Fsp3) is 0.500. The van der Waals surface area contributed by atoms with Gasteiger partial charge in [-0.3, -0.25) is 0 Å². The molecule has 19 heavy (non-hydrogen) atoms. The highest BCUT2D eigenvalue weighted by atomic mass is 35.5. The predicted molar refractivity (Wildman–Crippen MR) is 82.3 cm³/mol. The first kappa shape index (κ1) is 14.6. The van der Waals surface area contributed by atoms with E-state index in [1.807, 2.05) is 18.2 Å². The molecule has 0 saturated carbocycles. The molecule has 5 heteroatoms. The van der Waals surface area contributed by atoms with Crippen LogP contribution in [0.4, 0.5) is 0 Å². The molecule has 0 radical (unpaired) electrons. The summed E-state index contributed by atoms with van der Waals surface area (Å²) in [5, 5.41) is 0.718. The Balaban J connectivity index is 2.45. The Hall–Kier alpha value is -0.770. The highest BCUT2D eigenvalue weighted by Crippen LogP contribution is 2.22. The largest absolute Gasteiger partial charge is 0.326 e. The van der Waals surface area contributed by atoms with Crippen molar-refractivity contribution in [1.82, 2.24) is 14.5 Å². The van der Waals surface area contributed by atoms with Gasteiger partial charge in [-0.1, -0.05) is 11.6 Å². The standard InChI is InChI=1S/C14H19Cl2N3/c1-10(18(2)3)9-19-13-5-4-11(16)8-12(13)17-14(19)6-7-15/h4-5,8,10H,6-7,9H2,1-3H3. The van der Waals surface area contributed by atoms with Gasteiger partial charge in [0.25, 0.3) is 0 Å². The Morgan fingerprint density at radius 2 is 2.11 bits per heavy atom. The van der Waals surface area contributed by atoms with Crippen LogP contribution in [0.1, 0.15) is 12.7 Å². The first-order valence-electron chi connectivity index (χ1n) is 6.40. The van der Waals surface area contributed by atoms with Gasteiger partial charge in [0.1, 0.15) is 5.82 Å². The van der Waals surface area contributed by atoms with E-state index in [2.05, 4.69) is 35.5 Å². The Labute approximate surface area is 124 Å². The van der Waals surface area contributed by atoms with E-state index in [0.717, 1.165) is 34.8 Å². The lowest BCUT2D eigenvalue weighted by atomic mass is 10.2. The number of aryl methyl sites for hydroxylation is 1. The van der Waals surface area contributed by atoms with E-state index in [0.29, 0.717) is 11.9 Å². The van der Waals surface area contributed by atoms with Crippen LogP contribution in [0.3, 0.4) is 0 Å². The second-order valence-electron chi connectivity index (χ2n) is 5.02. The van der Waals surface area contributed by atoms with Crippen molar-refractivity contribution in [2.24, 2.45) is 0 Å². The quantitative estimate of drug-likeness (QED) is 0.789. The summed E-state index contributed by atoms with van der Waals surface area (Å²) in [6.45, 7) is 3.10. The summed E-state index contributed by atoms with van der Waals surface area (Å²) in [5.41, 5.74) is 2.07. The monoisotopic (exact) mass is 299 g/mol. The average molecular weight is 300 g/mol. The van der Waals surface area contributed by atoms with Crippen LogP contribution in [0.15, 0.2) is 18.2 Å².